The van der Waals surface area contributed by atoms with Gasteiger partial charge in [-0.2, -0.15) is 0 Å². The zero-order valence-electron chi connectivity index (χ0n) is 10.7. The summed E-state index contributed by atoms with van der Waals surface area (Å²) in [5.74, 6) is 5.65. The Bertz CT molecular complexity index is 482. The van der Waals surface area contributed by atoms with Crippen LogP contribution in [0.25, 0.3) is 0 Å². The molecule has 1 aromatic carbocycles. The number of ether oxygens (including phenoxy) is 1. The first-order valence-electron chi connectivity index (χ1n) is 6.22. The average molecular weight is 259 g/mol. The van der Waals surface area contributed by atoms with Gasteiger partial charge < -0.3 is 20.7 Å². The lowest BCUT2D eigenvalue weighted by Crippen LogP contribution is -2.43. The van der Waals surface area contributed by atoms with E-state index in [2.05, 4.69) is 38.9 Å². The number of amides is 1. The number of piperazine rings is 1. The molecule has 5 heteroatoms. The zero-order valence-corrected chi connectivity index (χ0v) is 10.7. The van der Waals surface area contributed by atoms with Crippen molar-refractivity contribution in [2.45, 2.75) is 0 Å². The van der Waals surface area contributed by atoms with E-state index in [4.69, 9.17) is 5.73 Å². The van der Waals surface area contributed by atoms with Gasteiger partial charge in [0.05, 0.1) is 0 Å². The summed E-state index contributed by atoms with van der Waals surface area (Å²) in [7, 11) is 0. The number of nitrogens with two attached hydrogens (primary N) is 1. The minimum Gasteiger partial charge on any atom is -0.437 e. The molecule has 1 saturated heterocycles. The van der Waals surface area contributed by atoms with Crippen LogP contribution < -0.4 is 16.0 Å². The topological polar surface area (TPSA) is 67.6 Å². The van der Waals surface area contributed by atoms with Gasteiger partial charge in [0.1, 0.15) is 0 Å². The van der Waals surface area contributed by atoms with Crippen LogP contribution in [0, 0.1) is 11.8 Å². The average Bonchev–Trinajstić information content (AvgIpc) is 2.45. The van der Waals surface area contributed by atoms with E-state index in [1.54, 1.807) is 0 Å². The molecule has 1 aromatic rings. The summed E-state index contributed by atoms with van der Waals surface area (Å²) in [4.78, 5) is 12.7. The van der Waals surface area contributed by atoms with Crippen molar-refractivity contribution >= 4 is 11.8 Å². The second kappa shape index (κ2) is 6.66. The first-order chi connectivity index (χ1) is 9.25. The molecule has 0 atom stereocenters. The summed E-state index contributed by atoms with van der Waals surface area (Å²) in [6, 6.07) is 8.05. The van der Waals surface area contributed by atoms with Crippen molar-refractivity contribution in [3.63, 3.8) is 0 Å². The highest BCUT2D eigenvalue weighted by Crippen LogP contribution is 2.15. The molecule has 0 spiro atoms. The number of benzene rings is 1. The van der Waals surface area contributed by atoms with Crippen molar-refractivity contribution in [3.8, 4) is 11.8 Å². The Balaban J connectivity index is 1.92. The van der Waals surface area contributed by atoms with Crippen LogP contribution in [0.1, 0.15) is 5.56 Å². The molecule has 100 valence electrons. The number of primary amides is 1. The Morgan fingerprint density at radius 2 is 2.00 bits per heavy atom. The van der Waals surface area contributed by atoms with Crippen LogP contribution in [0.2, 0.25) is 0 Å². The molecule has 1 aliphatic rings. The monoisotopic (exact) mass is 259 g/mol. The third kappa shape index (κ3) is 4.19. The van der Waals surface area contributed by atoms with E-state index in [0.717, 1.165) is 31.7 Å². The molecule has 3 N–H and O–H groups in total. The van der Waals surface area contributed by atoms with E-state index in [0.29, 0.717) is 0 Å². The van der Waals surface area contributed by atoms with Gasteiger partial charge in [0.15, 0.2) is 6.61 Å². The molecule has 1 aliphatic heterocycles. The summed E-state index contributed by atoms with van der Waals surface area (Å²) < 4.78 is 4.53. The van der Waals surface area contributed by atoms with Crippen molar-refractivity contribution in [2.24, 2.45) is 5.73 Å². The highest BCUT2D eigenvalue weighted by atomic mass is 16.5. The molecule has 1 fully saturated rings. The van der Waals surface area contributed by atoms with Crippen LogP contribution >= 0.6 is 0 Å². The Hall–Kier alpha value is -2.19. The van der Waals surface area contributed by atoms with Crippen LogP contribution in [0.5, 0.6) is 0 Å². The van der Waals surface area contributed by atoms with Crippen molar-refractivity contribution in [1.82, 2.24) is 5.32 Å². The Kier molecular flexibility index (Phi) is 4.65. The fourth-order valence-electron chi connectivity index (χ4n) is 1.92. The van der Waals surface area contributed by atoms with Crippen LogP contribution in [-0.4, -0.2) is 38.9 Å². The number of nitrogens with one attached hydrogen (secondary N) is 1. The fourth-order valence-corrected chi connectivity index (χ4v) is 1.92. The number of carbonyl (C=O) groups excluding carboxylic acids is 1. The SMILES string of the molecule is NC(=O)OCC#Cc1ccc(N2CCNCC2)cc1. The van der Waals surface area contributed by atoms with E-state index in [1.165, 1.54) is 5.69 Å². The van der Waals surface area contributed by atoms with E-state index >= 15 is 0 Å². The maximum absolute atomic E-state index is 10.4. The summed E-state index contributed by atoms with van der Waals surface area (Å²) >= 11 is 0. The van der Waals surface area contributed by atoms with Crippen molar-refractivity contribution < 1.29 is 9.53 Å². The van der Waals surface area contributed by atoms with E-state index < -0.39 is 6.09 Å². The molecule has 2 rings (SSSR count). The molecule has 0 aliphatic carbocycles. The lowest BCUT2D eigenvalue weighted by atomic mass is 10.2. The number of nitrogens with zero attached hydrogens (tertiary/aromatic N) is 1. The molecule has 1 heterocycles. The number of hydrogen-bond acceptors (Lipinski definition) is 4. The molecule has 5 nitrogen and oxygen atoms in total. The predicted octanol–water partition coefficient (Wildman–Crippen LogP) is 0.543. The second-order valence-corrected chi connectivity index (χ2v) is 4.19. The van der Waals surface area contributed by atoms with Gasteiger partial charge in [0.2, 0.25) is 0 Å². The van der Waals surface area contributed by atoms with Crippen molar-refractivity contribution in [1.29, 1.82) is 0 Å². The third-order valence-electron chi connectivity index (χ3n) is 2.87. The van der Waals surface area contributed by atoms with E-state index in [9.17, 15) is 4.79 Å². The van der Waals surface area contributed by atoms with Gasteiger partial charge in [-0.1, -0.05) is 11.8 Å². The number of carbonyl (C=O) groups is 1. The largest absolute Gasteiger partial charge is 0.437 e. The Morgan fingerprint density at radius 3 is 2.63 bits per heavy atom. The lowest BCUT2D eigenvalue weighted by Gasteiger charge is -2.29. The number of anilines is 1. The standard InChI is InChI=1S/C14H17N3O2/c15-14(18)19-11-1-2-12-3-5-13(6-4-12)17-9-7-16-8-10-17/h3-6,16H,7-11H2,(H2,15,18). The summed E-state index contributed by atoms with van der Waals surface area (Å²) in [5, 5.41) is 3.32. The second-order valence-electron chi connectivity index (χ2n) is 4.19. The van der Waals surface area contributed by atoms with Crippen molar-refractivity contribution in [3.05, 3.63) is 29.8 Å². The quantitative estimate of drug-likeness (QED) is 0.761. The Morgan fingerprint density at radius 1 is 1.32 bits per heavy atom. The van der Waals surface area contributed by atoms with Gasteiger partial charge in [0, 0.05) is 37.4 Å². The minimum absolute atomic E-state index is 0.0227. The van der Waals surface area contributed by atoms with Crippen molar-refractivity contribution in [2.75, 3.05) is 37.7 Å². The molecule has 0 saturated carbocycles. The number of hydrogen-bond donors (Lipinski definition) is 2. The van der Waals surface area contributed by atoms with E-state index in [-0.39, 0.29) is 6.61 Å². The molecular formula is C14H17N3O2. The van der Waals surface area contributed by atoms with Crippen LogP contribution in [-0.2, 0) is 4.74 Å². The molecule has 19 heavy (non-hydrogen) atoms. The Labute approximate surface area is 112 Å². The molecule has 0 radical (unpaired) electrons. The van der Waals surface area contributed by atoms with Gasteiger partial charge in [-0.25, -0.2) is 4.79 Å². The highest BCUT2D eigenvalue weighted by molar-refractivity contribution is 5.64. The molecular weight excluding hydrogens is 242 g/mol. The molecule has 0 aromatic heterocycles. The smallest absolute Gasteiger partial charge is 0.405 e. The first-order valence-corrected chi connectivity index (χ1v) is 6.22. The highest BCUT2D eigenvalue weighted by Gasteiger charge is 2.09. The van der Waals surface area contributed by atoms with Gasteiger partial charge in [0.25, 0.3) is 0 Å². The molecule has 1 amide bonds. The summed E-state index contributed by atoms with van der Waals surface area (Å²) in [6.45, 7) is 4.11. The number of rotatable bonds is 2. The van der Waals surface area contributed by atoms with Gasteiger partial charge >= 0.3 is 6.09 Å². The van der Waals surface area contributed by atoms with Crippen LogP contribution in [0.4, 0.5) is 10.5 Å². The molecule has 0 unspecified atom stereocenters. The van der Waals surface area contributed by atoms with Gasteiger partial charge in [-0.15, -0.1) is 0 Å². The third-order valence-corrected chi connectivity index (χ3v) is 2.87. The molecule has 0 bridgehead atoms. The normalized spacial score (nSPS) is 14.4. The minimum atomic E-state index is -0.802. The zero-order chi connectivity index (χ0) is 13.5. The summed E-state index contributed by atoms with van der Waals surface area (Å²) in [5.41, 5.74) is 6.94. The first kappa shape index (κ1) is 13.2. The maximum atomic E-state index is 10.4. The van der Waals surface area contributed by atoms with Gasteiger partial charge in [-0.05, 0) is 24.3 Å². The lowest BCUT2D eigenvalue weighted by molar-refractivity contribution is 0.171. The fraction of sp³-hybridized carbons (Fsp3) is 0.357. The van der Waals surface area contributed by atoms with Crippen LogP contribution in [0.3, 0.4) is 0 Å². The predicted molar refractivity (Wildman–Crippen MR) is 73.9 cm³/mol. The van der Waals surface area contributed by atoms with Crippen LogP contribution in [0.15, 0.2) is 24.3 Å². The maximum Gasteiger partial charge on any atom is 0.405 e. The van der Waals surface area contributed by atoms with E-state index in [1.807, 2.05) is 12.1 Å². The van der Waals surface area contributed by atoms with Gasteiger partial charge in [-0.3, -0.25) is 0 Å². The summed E-state index contributed by atoms with van der Waals surface area (Å²) in [6.07, 6.45) is -0.802.